The van der Waals surface area contributed by atoms with Gasteiger partial charge in [0.1, 0.15) is 6.26 Å². The molecule has 0 aliphatic heterocycles. The van der Waals surface area contributed by atoms with Crippen LogP contribution in [0.2, 0.25) is 0 Å². The van der Waals surface area contributed by atoms with Crippen LogP contribution in [0.3, 0.4) is 0 Å². The Morgan fingerprint density at radius 1 is 1.82 bits per heavy atom. The molecule has 1 N–H and O–H groups in total. The van der Waals surface area contributed by atoms with Crippen molar-refractivity contribution >= 4 is 0 Å². The number of nitrogens with one attached hydrogen (secondary N) is 1. The quantitative estimate of drug-likeness (QED) is 0.706. The van der Waals surface area contributed by atoms with Gasteiger partial charge in [0.25, 0.3) is 0 Å². The summed E-state index contributed by atoms with van der Waals surface area (Å²) in [6.45, 7) is 3.14. The first-order valence-corrected chi connectivity index (χ1v) is 3.98. The monoisotopic (exact) mass is 152 g/mol. The van der Waals surface area contributed by atoms with Gasteiger partial charge in [0, 0.05) is 18.2 Å². The highest BCUT2D eigenvalue weighted by Crippen LogP contribution is 2.29. The molecule has 0 spiro atoms. The molecule has 1 aliphatic carbocycles. The highest BCUT2D eigenvalue weighted by Gasteiger charge is 2.31. The molecular weight excluding hydrogens is 140 g/mol. The zero-order chi connectivity index (χ0) is 7.68. The molecule has 0 aromatic carbocycles. The highest BCUT2D eigenvalue weighted by molar-refractivity contribution is 5.01. The van der Waals surface area contributed by atoms with Crippen LogP contribution in [0.4, 0.5) is 0 Å². The molecule has 0 bridgehead atoms. The summed E-state index contributed by atoms with van der Waals surface area (Å²) in [6.07, 6.45) is 4.74. The van der Waals surface area contributed by atoms with Gasteiger partial charge in [0.05, 0.1) is 6.20 Å². The molecule has 1 heterocycles. The molecule has 1 fully saturated rings. The van der Waals surface area contributed by atoms with Gasteiger partial charge < -0.3 is 9.84 Å². The summed E-state index contributed by atoms with van der Waals surface area (Å²) in [7, 11) is 0. The van der Waals surface area contributed by atoms with Gasteiger partial charge in [-0.15, -0.1) is 0 Å². The summed E-state index contributed by atoms with van der Waals surface area (Å²) in [4.78, 5) is 0. The van der Waals surface area contributed by atoms with Crippen molar-refractivity contribution in [1.82, 2.24) is 10.5 Å². The van der Waals surface area contributed by atoms with Crippen LogP contribution in [0, 0.1) is 5.92 Å². The highest BCUT2D eigenvalue weighted by atomic mass is 16.5. The zero-order valence-electron chi connectivity index (χ0n) is 6.58. The Hall–Kier alpha value is -0.830. The van der Waals surface area contributed by atoms with Crippen molar-refractivity contribution in [3.8, 4) is 0 Å². The van der Waals surface area contributed by atoms with E-state index in [-0.39, 0.29) is 0 Å². The van der Waals surface area contributed by atoms with Crippen molar-refractivity contribution in [3.05, 3.63) is 18.0 Å². The standard InChI is InChI=1S/C8H12N2O/c1-6-2-8(6)9-3-7-4-10-11-5-7/h4-6,8-9H,2-3H2,1H3. The van der Waals surface area contributed by atoms with Crippen LogP contribution < -0.4 is 5.32 Å². The molecule has 11 heavy (non-hydrogen) atoms. The first-order valence-electron chi connectivity index (χ1n) is 3.98. The van der Waals surface area contributed by atoms with Gasteiger partial charge in [0.15, 0.2) is 0 Å². The van der Waals surface area contributed by atoms with Crippen LogP contribution in [0.15, 0.2) is 17.0 Å². The van der Waals surface area contributed by atoms with Gasteiger partial charge in [-0.3, -0.25) is 0 Å². The van der Waals surface area contributed by atoms with E-state index in [0.717, 1.165) is 24.1 Å². The Balaban J connectivity index is 1.75. The molecule has 1 saturated carbocycles. The van der Waals surface area contributed by atoms with Crippen molar-refractivity contribution in [2.75, 3.05) is 0 Å². The van der Waals surface area contributed by atoms with E-state index in [1.807, 2.05) is 0 Å². The van der Waals surface area contributed by atoms with E-state index in [2.05, 4.69) is 17.4 Å². The van der Waals surface area contributed by atoms with E-state index in [9.17, 15) is 0 Å². The lowest BCUT2D eigenvalue weighted by atomic mass is 10.3. The normalized spacial score (nSPS) is 28.8. The summed E-state index contributed by atoms with van der Waals surface area (Å²) in [5.74, 6) is 0.856. The van der Waals surface area contributed by atoms with Crippen LogP contribution in [0.5, 0.6) is 0 Å². The molecular formula is C8H12N2O. The summed E-state index contributed by atoms with van der Waals surface area (Å²) >= 11 is 0. The Morgan fingerprint density at radius 2 is 2.64 bits per heavy atom. The molecule has 2 atom stereocenters. The third-order valence-electron chi connectivity index (χ3n) is 2.16. The molecule has 0 amide bonds. The Bertz CT molecular complexity index is 220. The molecule has 60 valence electrons. The fourth-order valence-electron chi connectivity index (χ4n) is 1.17. The van der Waals surface area contributed by atoms with Crippen LogP contribution in [0.25, 0.3) is 0 Å². The third-order valence-corrected chi connectivity index (χ3v) is 2.16. The van der Waals surface area contributed by atoms with Gasteiger partial charge in [-0.05, 0) is 12.3 Å². The Morgan fingerprint density at radius 3 is 3.18 bits per heavy atom. The second-order valence-corrected chi connectivity index (χ2v) is 3.23. The van der Waals surface area contributed by atoms with Crippen molar-refractivity contribution in [2.45, 2.75) is 25.9 Å². The molecule has 1 aromatic rings. The average Bonchev–Trinajstić information content (AvgIpc) is 2.55. The largest absolute Gasteiger partial charge is 0.364 e. The first kappa shape index (κ1) is 6.85. The van der Waals surface area contributed by atoms with Gasteiger partial charge in [-0.1, -0.05) is 12.1 Å². The van der Waals surface area contributed by atoms with E-state index < -0.39 is 0 Å². The third kappa shape index (κ3) is 1.60. The van der Waals surface area contributed by atoms with Crippen molar-refractivity contribution in [1.29, 1.82) is 0 Å². The number of hydrogen-bond donors (Lipinski definition) is 1. The SMILES string of the molecule is CC1CC1NCc1cnoc1. The number of aromatic nitrogens is 1. The predicted octanol–water partition coefficient (Wildman–Crippen LogP) is 1.17. The molecule has 1 aliphatic rings. The van der Waals surface area contributed by atoms with E-state index >= 15 is 0 Å². The molecule has 2 rings (SSSR count). The second kappa shape index (κ2) is 2.66. The second-order valence-electron chi connectivity index (χ2n) is 3.23. The van der Waals surface area contributed by atoms with Gasteiger partial charge >= 0.3 is 0 Å². The molecule has 3 heteroatoms. The van der Waals surface area contributed by atoms with Gasteiger partial charge in [0.2, 0.25) is 0 Å². The van der Waals surface area contributed by atoms with Crippen LogP contribution >= 0.6 is 0 Å². The fraction of sp³-hybridized carbons (Fsp3) is 0.625. The topological polar surface area (TPSA) is 38.1 Å². The average molecular weight is 152 g/mol. The molecule has 0 radical (unpaired) electrons. The number of hydrogen-bond acceptors (Lipinski definition) is 3. The molecule has 3 nitrogen and oxygen atoms in total. The maximum absolute atomic E-state index is 4.70. The summed E-state index contributed by atoms with van der Waals surface area (Å²) in [6, 6.07) is 0.727. The van der Waals surface area contributed by atoms with Crippen molar-refractivity contribution < 1.29 is 4.52 Å². The lowest BCUT2D eigenvalue weighted by Crippen LogP contribution is -2.16. The molecule has 1 aromatic heterocycles. The summed E-state index contributed by atoms with van der Waals surface area (Å²) < 4.78 is 4.70. The zero-order valence-corrected chi connectivity index (χ0v) is 6.58. The van der Waals surface area contributed by atoms with Gasteiger partial charge in [-0.2, -0.15) is 0 Å². The summed E-state index contributed by atoms with van der Waals surface area (Å²) in [5.41, 5.74) is 1.13. The van der Waals surface area contributed by atoms with E-state index in [4.69, 9.17) is 4.52 Å². The van der Waals surface area contributed by atoms with E-state index in [1.165, 1.54) is 6.42 Å². The maximum Gasteiger partial charge on any atom is 0.128 e. The van der Waals surface area contributed by atoms with E-state index in [1.54, 1.807) is 12.5 Å². The first-order chi connectivity index (χ1) is 5.36. The molecule has 0 saturated heterocycles. The minimum Gasteiger partial charge on any atom is -0.364 e. The predicted molar refractivity (Wildman–Crippen MR) is 40.9 cm³/mol. The van der Waals surface area contributed by atoms with Crippen molar-refractivity contribution in [3.63, 3.8) is 0 Å². The van der Waals surface area contributed by atoms with Crippen molar-refractivity contribution in [2.24, 2.45) is 5.92 Å². The van der Waals surface area contributed by atoms with Crippen LogP contribution in [-0.4, -0.2) is 11.2 Å². The molecule has 2 unspecified atom stereocenters. The van der Waals surface area contributed by atoms with Crippen LogP contribution in [-0.2, 0) is 6.54 Å². The number of rotatable bonds is 3. The summed E-state index contributed by atoms with van der Waals surface area (Å²) in [5, 5.41) is 7.03. The lowest BCUT2D eigenvalue weighted by Gasteiger charge is -1.97. The van der Waals surface area contributed by atoms with E-state index in [0.29, 0.717) is 0 Å². The maximum atomic E-state index is 4.70. The Kier molecular flexibility index (Phi) is 1.66. The lowest BCUT2D eigenvalue weighted by molar-refractivity contribution is 0.418. The minimum atomic E-state index is 0.727. The van der Waals surface area contributed by atoms with Gasteiger partial charge in [-0.25, -0.2) is 0 Å². The van der Waals surface area contributed by atoms with Crippen LogP contribution in [0.1, 0.15) is 18.9 Å². The smallest absolute Gasteiger partial charge is 0.128 e. The fourth-order valence-corrected chi connectivity index (χ4v) is 1.17. The Labute approximate surface area is 65.8 Å². The minimum absolute atomic E-state index is 0.727. The number of nitrogens with zero attached hydrogens (tertiary/aromatic N) is 1.